The van der Waals surface area contributed by atoms with Gasteiger partial charge in [-0.2, -0.15) is 0 Å². The lowest BCUT2D eigenvalue weighted by Gasteiger charge is -2.59. The first-order valence-corrected chi connectivity index (χ1v) is 8.36. The van der Waals surface area contributed by atoms with Crippen LogP contribution < -0.4 is 0 Å². The molecule has 0 radical (unpaired) electrons. The zero-order valence-corrected chi connectivity index (χ0v) is 14.0. The van der Waals surface area contributed by atoms with Crippen LogP contribution in [0, 0.1) is 47.3 Å². The van der Waals surface area contributed by atoms with Gasteiger partial charge in [-0.15, -0.1) is 0 Å². The molecule has 0 N–H and O–H groups in total. The van der Waals surface area contributed by atoms with E-state index in [2.05, 4.69) is 55.4 Å². The van der Waals surface area contributed by atoms with E-state index >= 15 is 0 Å². The molecule has 1 rings (SSSR count). The molecule has 1 aliphatic carbocycles. The molecule has 1 aliphatic rings. The van der Waals surface area contributed by atoms with Gasteiger partial charge in [0.1, 0.15) is 0 Å². The molecule has 0 aromatic rings. The summed E-state index contributed by atoms with van der Waals surface area (Å²) in [6.07, 6.45) is 2.78. The minimum Gasteiger partial charge on any atom is -0.0651 e. The predicted molar refractivity (Wildman–Crippen MR) is 82.5 cm³/mol. The van der Waals surface area contributed by atoms with E-state index in [0.717, 1.165) is 47.3 Å². The molecule has 4 atom stereocenters. The molecule has 0 aromatic heterocycles. The third-order valence-electron chi connectivity index (χ3n) is 5.68. The molecular weight excluding hydrogens is 216 g/mol. The molecule has 0 aliphatic heterocycles. The molecule has 0 spiro atoms. The number of rotatable bonds is 6. The highest BCUT2D eigenvalue weighted by molar-refractivity contribution is 5.00. The quantitative estimate of drug-likeness (QED) is 0.554. The second-order valence-corrected chi connectivity index (χ2v) is 7.61. The average Bonchev–Trinajstić information content (AvgIpc) is 2.21. The van der Waals surface area contributed by atoms with Crippen molar-refractivity contribution >= 4 is 0 Å². The Bertz CT molecular complexity index is 230. The highest BCUT2D eigenvalue weighted by Gasteiger charge is 2.52. The Balaban J connectivity index is 2.95. The Hall–Kier alpha value is 0. The van der Waals surface area contributed by atoms with Crippen LogP contribution in [-0.2, 0) is 0 Å². The van der Waals surface area contributed by atoms with Gasteiger partial charge in [-0.05, 0) is 47.3 Å². The predicted octanol–water partition coefficient (Wildman–Crippen LogP) is 5.87. The molecule has 1 fully saturated rings. The summed E-state index contributed by atoms with van der Waals surface area (Å²) in [5.41, 5.74) is 0. The largest absolute Gasteiger partial charge is 0.0651 e. The van der Waals surface area contributed by atoms with Gasteiger partial charge in [0.2, 0.25) is 0 Å². The van der Waals surface area contributed by atoms with E-state index in [1.165, 1.54) is 12.8 Å². The molecule has 1 saturated carbocycles. The van der Waals surface area contributed by atoms with E-state index in [1.54, 1.807) is 0 Å². The van der Waals surface area contributed by atoms with Gasteiger partial charge < -0.3 is 0 Å². The topological polar surface area (TPSA) is 0 Å². The lowest BCUT2D eigenvalue weighted by Crippen LogP contribution is -2.54. The van der Waals surface area contributed by atoms with Crippen molar-refractivity contribution < 1.29 is 0 Å². The van der Waals surface area contributed by atoms with Crippen LogP contribution in [0.5, 0.6) is 0 Å². The fourth-order valence-corrected chi connectivity index (χ4v) is 5.29. The Morgan fingerprint density at radius 1 is 0.667 bits per heavy atom. The second kappa shape index (κ2) is 6.44. The van der Waals surface area contributed by atoms with Gasteiger partial charge in [-0.25, -0.2) is 0 Å². The van der Waals surface area contributed by atoms with E-state index < -0.39 is 0 Å². The lowest BCUT2D eigenvalue weighted by atomic mass is 9.46. The summed E-state index contributed by atoms with van der Waals surface area (Å²) in [5.74, 6) is 7.42. The molecule has 0 amide bonds. The van der Waals surface area contributed by atoms with Gasteiger partial charge in [-0.1, -0.05) is 68.2 Å². The first-order valence-electron chi connectivity index (χ1n) is 8.36. The maximum atomic E-state index is 2.45. The summed E-state index contributed by atoms with van der Waals surface area (Å²) in [6, 6.07) is 0. The van der Waals surface area contributed by atoms with Crippen molar-refractivity contribution in [1.29, 1.82) is 0 Å². The van der Waals surface area contributed by atoms with Crippen LogP contribution in [0.2, 0.25) is 0 Å². The fourth-order valence-electron chi connectivity index (χ4n) is 5.29. The van der Waals surface area contributed by atoms with Crippen molar-refractivity contribution in [1.82, 2.24) is 0 Å². The molecular formula is C18H36. The van der Waals surface area contributed by atoms with Crippen LogP contribution in [-0.4, -0.2) is 0 Å². The van der Waals surface area contributed by atoms with E-state index in [4.69, 9.17) is 0 Å². The third-order valence-corrected chi connectivity index (χ3v) is 5.68. The van der Waals surface area contributed by atoms with Gasteiger partial charge in [0, 0.05) is 0 Å². The summed E-state index contributed by atoms with van der Waals surface area (Å²) in [7, 11) is 0. The number of hydrogen-bond donors (Lipinski definition) is 0. The molecule has 0 bridgehead atoms. The zero-order chi connectivity index (χ0) is 14.0. The van der Waals surface area contributed by atoms with Crippen LogP contribution in [0.25, 0.3) is 0 Å². The van der Waals surface area contributed by atoms with Crippen LogP contribution >= 0.6 is 0 Å². The Labute approximate surface area is 116 Å². The van der Waals surface area contributed by atoms with Crippen LogP contribution in [0.3, 0.4) is 0 Å². The normalized spacial score (nSPS) is 32.7. The van der Waals surface area contributed by atoms with Gasteiger partial charge in [-0.3, -0.25) is 0 Å². The average molecular weight is 252 g/mol. The molecule has 108 valence electrons. The minimum absolute atomic E-state index is 0.836. The second-order valence-electron chi connectivity index (χ2n) is 7.61. The van der Waals surface area contributed by atoms with Gasteiger partial charge in [0.25, 0.3) is 0 Å². The van der Waals surface area contributed by atoms with Crippen molar-refractivity contribution in [3.8, 4) is 0 Å². The van der Waals surface area contributed by atoms with Crippen LogP contribution in [0.15, 0.2) is 0 Å². The van der Waals surface area contributed by atoms with E-state index in [0.29, 0.717) is 0 Å². The minimum atomic E-state index is 0.836. The maximum absolute atomic E-state index is 2.45. The van der Waals surface area contributed by atoms with Crippen molar-refractivity contribution in [2.24, 2.45) is 47.3 Å². The van der Waals surface area contributed by atoms with Crippen molar-refractivity contribution in [2.75, 3.05) is 0 Å². The van der Waals surface area contributed by atoms with Crippen molar-refractivity contribution in [3.63, 3.8) is 0 Å². The SMILES string of the molecule is CCC1C(CC)C(C(C(C)C)C(C)C)C1C(C)C. The van der Waals surface area contributed by atoms with E-state index in [9.17, 15) is 0 Å². The maximum Gasteiger partial charge on any atom is -0.0316 e. The van der Waals surface area contributed by atoms with Gasteiger partial charge in [0.05, 0.1) is 0 Å². The Morgan fingerprint density at radius 3 is 1.33 bits per heavy atom. The first kappa shape index (κ1) is 16.1. The molecule has 18 heavy (non-hydrogen) atoms. The summed E-state index contributed by atoms with van der Waals surface area (Å²) in [4.78, 5) is 0. The Morgan fingerprint density at radius 2 is 1.06 bits per heavy atom. The number of hydrogen-bond acceptors (Lipinski definition) is 0. The molecule has 4 unspecified atom stereocenters. The van der Waals surface area contributed by atoms with Gasteiger partial charge in [0.15, 0.2) is 0 Å². The summed E-state index contributed by atoms with van der Waals surface area (Å²) in [6.45, 7) is 19.5. The summed E-state index contributed by atoms with van der Waals surface area (Å²) >= 11 is 0. The monoisotopic (exact) mass is 252 g/mol. The van der Waals surface area contributed by atoms with Crippen LogP contribution in [0.1, 0.15) is 68.2 Å². The standard InChI is InChI=1S/C18H36/c1-9-14-15(10-2)18(17(14)13(7)8)16(11(3)4)12(5)6/h11-18H,9-10H2,1-8H3. The van der Waals surface area contributed by atoms with Gasteiger partial charge >= 0.3 is 0 Å². The van der Waals surface area contributed by atoms with Crippen molar-refractivity contribution in [3.05, 3.63) is 0 Å². The molecule has 0 nitrogen and oxygen atoms in total. The van der Waals surface area contributed by atoms with E-state index in [1.807, 2.05) is 0 Å². The summed E-state index contributed by atoms with van der Waals surface area (Å²) < 4.78 is 0. The molecule has 0 saturated heterocycles. The fraction of sp³-hybridized carbons (Fsp3) is 1.00. The smallest absolute Gasteiger partial charge is 0.0316 e. The zero-order valence-electron chi connectivity index (χ0n) is 14.0. The van der Waals surface area contributed by atoms with Crippen LogP contribution in [0.4, 0.5) is 0 Å². The lowest BCUT2D eigenvalue weighted by molar-refractivity contribution is -0.111. The summed E-state index contributed by atoms with van der Waals surface area (Å²) in [5, 5.41) is 0. The van der Waals surface area contributed by atoms with Crippen molar-refractivity contribution in [2.45, 2.75) is 68.2 Å². The first-order chi connectivity index (χ1) is 8.36. The molecule has 0 heteroatoms. The third kappa shape index (κ3) is 2.78. The highest BCUT2D eigenvalue weighted by Crippen LogP contribution is 2.58. The Kier molecular flexibility index (Phi) is 5.74. The van der Waals surface area contributed by atoms with E-state index in [-0.39, 0.29) is 0 Å². The molecule has 0 heterocycles. The molecule has 0 aromatic carbocycles. The highest BCUT2D eigenvalue weighted by atomic mass is 14.6.